The molecule has 1 atom stereocenters. The van der Waals surface area contributed by atoms with Gasteiger partial charge in [-0.3, -0.25) is 4.98 Å². The molecule has 0 aliphatic heterocycles. The van der Waals surface area contributed by atoms with Crippen LogP contribution in [0.2, 0.25) is 0 Å². The minimum Gasteiger partial charge on any atom is -0.306 e. The maximum atomic E-state index is 14.0. The Kier molecular flexibility index (Phi) is 4.63. The van der Waals surface area contributed by atoms with Gasteiger partial charge in [0.1, 0.15) is 5.82 Å². The predicted octanol–water partition coefficient (Wildman–Crippen LogP) is 3.62. The number of halogens is 1. The second-order valence-electron chi connectivity index (χ2n) is 4.64. The van der Waals surface area contributed by atoms with Crippen LogP contribution in [-0.2, 0) is 0 Å². The molecule has 1 heterocycles. The van der Waals surface area contributed by atoms with E-state index < -0.39 is 0 Å². The zero-order chi connectivity index (χ0) is 13.7. The van der Waals surface area contributed by atoms with E-state index in [1.165, 1.54) is 6.07 Å². The molecule has 0 fully saturated rings. The number of nitrogens with zero attached hydrogens (tertiary/aromatic N) is 1. The van der Waals surface area contributed by atoms with Gasteiger partial charge in [-0.2, -0.15) is 0 Å². The Balaban J connectivity index is 2.42. The van der Waals surface area contributed by atoms with Crippen LogP contribution < -0.4 is 5.32 Å². The largest absolute Gasteiger partial charge is 0.306 e. The lowest BCUT2D eigenvalue weighted by molar-refractivity contribution is 0.545. The van der Waals surface area contributed by atoms with Crippen molar-refractivity contribution in [1.82, 2.24) is 10.3 Å². The Hall–Kier alpha value is -1.74. The fourth-order valence-electron chi connectivity index (χ4n) is 2.19. The van der Waals surface area contributed by atoms with Crippen molar-refractivity contribution in [3.05, 3.63) is 65.2 Å². The number of aryl methyl sites for hydroxylation is 1. The van der Waals surface area contributed by atoms with E-state index in [9.17, 15) is 4.39 Å². The molecule has 0 aliphatic rings. The number of hydrogen-bond donors (Lipinski definition) is 1. The van der Waals surface area contributed by atoms with Gasteiger partial charge in [0.15, 0.2) is 0 Å². The first-order chi connectivity index (χ1) is 9.24. The summed E-state index contributed by atoms with van der Waals surface area (Å²) < 4.78 is 14.0. The summed E-state index contributed by atoms with van der Waals surface area (Å²) in [5.41, 5.74) is 2.83. The quantitative estimate of drug-likeness (QED) is 0.886. The van der Waals surface area contributed by atoms with Crippen LogP contribution in [0.25, 0.3) is 0 Å². The molecule has 1 aromatic heterocycles. The van der Waals surface area contributed by atoms with Crippen LogP contribution in [0.4, 0.5) is 4.39 Å². The summed E-state index contributed by atoms with van der Waals surface area (Å²) >= 11 is 0. The third-order valence-electron chi connectivity index (χ3n) is 3.19. The fraction of sp³-hybridized carbons (Fsp3) is 0.312. The van der Waals surface area contributed by atoms with Crippen molar-refractivity contribution in [3.8, 4) is 0 Å². The molecular weight excluding hydrogens is 239 g/mol. The van der Waals surface area contributed by atoms with Crippen LogP contribution in [0.3, 0.4) is 0 Å². The minimum absolute atomic E-state index is 0.121. The van der Waals surface area contributed by atoms with Gasteiger partial charge in [-0.05, 0) is 43.1 Å². The summed E-state index contributed by atoms with van der Waals surface area (Å²) in [5.74, 6) is -0.174. The fourth-order valence-corrected chi connectivity index (χ4v) is 2.19. The Morgan fingerprint density at radius 3 is 2.68 bits per heavy atom. The zero-order valence-electron chi connectivity index (χ0n) is 11.4. The molecule has 0 radical (unpaired) electrons. The molecule has 0 aliphatic carbocycles. The molecule has 0 spiro atoms. The highest BCUT2D eigenvalue weighted by Gasteiger charge is 2.18. The predicted molar refractivity (Wildman–Crippen MR) is 75.5 cm³/mol. The van der Waals surface area contributed by atoms with Gasteiger partial charge in [0.25, 0.3) is 0 Å². The van der Waals surface area contributed by atoms with E-state index in [0.29, 0.717) is 5.56 Å². The molecule has 19 heavy (non-hydrogen) atoms. The smallest absolute Gasteiger partial charge is 0.128 e. The maximum absolute atomic E-state index is 14.0. The van der Waals surface area contributed by atoms with Gasteiger partial charge in [0, 0.05) is 18.0 Å². The van der Waals surface area contributed by atoms with Crippen molar-refractivity contribution < 1.29 is 4.39 Å². The van der Waals surface area contributed by atoms with E-state index in [-0.39, 0.29) is 11.9 Å². The van der Waals surface area contributed by atoms with E-state index in [0.717, 1.165) is 24.1 Å². The number of rotatable bonds is 5. The van der Waals surface area contributed by atoms with E-state index in [2.05, 4.69) is 17.2 Å². The molecule has 0 saturated heterocycles. The van der Waals surface area contributed by atoms with Crippen molar-refractivity contribution in [2.45, 2.75) is 26.3 Å². The molecule has 2 aromatic rings. The van der Waals surface area contributed by atoms with Crippen molar-refractivity contribution in [3.63, 3.8) is 0 Å². The SMILES string of the molecule is CCCNC(c1ccncc1C)c1ccccc1F. The Bertz CT molecular complexity index is 494. The van der Waals surface area contributed by atoms with Gasteiger partial charge in [-0.15, -0.1) is 0 Å². The summed E-state index contributed by atoms with van der Waals surface area (Å²) in [6, 6.07) is 8.76. The average Bonchev–Trinajstić information content (AvgIpc) is 2.42. The van der Waals surface area contributed by atoms with E-state index >= 15 is 0 Å². The molecule has 1 aromatic carbocycles. The minimum atomic E-state index is -0.174. The molecule has 0 saturated carbocycles. The van der Waals surface area contributed by atoms with Crippen LogP contribution >= 0.6 is 0 Å². The van der Waals surface area contributed by atoms with Gasteiger partial charge in [0.2, 0.25) is 0 Å². The zero-order valence-corrected chi connectivity index (χ0v) is 11.4. The lowest BCUT2D eigenvalue weighted by Crippen LogP contribution is -2.24. The number of aromatic nitrogens is 1. The van der Waals surface area contributed by atoms with Gasteiger partial charge in [-0.1, -0.05) is 25.1 Å². The molecular formula is C16H19FN2. The summed E-state index contributed by atoms with van der Waals surface area (Å²) in [6.07, 6.45) is 4.58. The average molecular weight is 258 g/mol. The van der Waals surface area contributed by atoms with Crippen molar-refractivity contribution in [2.75, 3.05) is 6.54 Å². The van der Waals surface area contributed by atoms with E-state index in [4.69, 9.17) is 0 Å². The summed E-state index contributed by atoms with van der Waals surface area (Å²) in [5, 5.41) is 3.42. The first-order valence-corrected chi connectivity index (χ1v) is 6.62. The number of nitrogens with one attached hydrogen (secondary N) is 1. The van der Waals surface area contributed by atoms with Crippen LogP contribution in [0.1, 0.15) is 36.1 Å². The normalized spacial score (nSPS) is 12.4. The van der Waals surface area contributed by atoms with Crippen LogP contribution in [0.15, 0.2) is 42.7 Å². The molecule has 0 amide bonds. The molecule has 2 rings (SSSR count). The number of hydrogen-bond acceptors (Lipinski definition) is 2. The number of benzene rings is 1. The third-order valence-corrected chi connectivity index (χ3v) is 3.19. The van der Waals surface area contributed by atoms with E-state index in [1.807, 2.05) is 31.3 Å². The van der Waals surface area contributed by atoms with Gasteiger partial charge in [-0.25, -0.2) is 4.39 Å². The molecule has 3 heteroatoms. The first kappa shape index (κ1) is 13.7. The first-order valence-electron chi connectivity index (χ1n) is 6.62. The standard InChI is InChI=1S/C16H19FN2/c1-3-9-19-16(13-8-10-18-11-12(13)2)14-6-4-5-7-15(14)17/h4-8,10-11,16,19H,3,9H2,1-2H3. The van der Waals surface area contributed by atoms with Crippen LogP contribution in [0.5, 0.6) is 0 Å². The maximum Gasteiger partial charge on any atom is 0.128 e. The molecule has 100 valence electrons. The van der Waals surface area contributed by atoms with Gasteiger partial charge < -0.3 is 5.32 Å². The second-order valence-corrected chi connectivity index (χ2v) is 4.64. The molecule has 1 N–H and O–H groups in total. The van der Waals surface area contributed by atoms with Gasteiger partial charge in [0.05, 0.1) is 6.04 Å². The topological polar surface area (TPSA) is 24.9 Å². The van der Waals surface area contributed by atoms with Crippen molar-refractivity contribution in [2.24, 2.45) is 0 Å². The van der Waals surface area contributed by atoms with Gasteiger partial charge >= 0.3 is 0 Å². The van der Waals surface area contributed by atoms with Crippen LogP contribution in [0, 0.1) is 12.7 Å². The summed E-state index contributed by atoms with van der Waals surface area (Å²) in [7, 11) is 0. The van der Waals surface area contributed by atoms with E-state index in [1.54, 1.807) is 12.3 Å². The van der Waals surface area contributed by atoms with Crippen molar-refractivity contribution >= 4 is 0 Å². The third kappa shape index (κ3) is 3.18. The highest BCUT2D eigenvalue weighted by Crippen LogP contribution is 2.26. The summed E-state index contributed by atoms with van der Waals surface area (Å²) in [4.78, 5) is 4.10. The Labute approximate surface area is 113 Å². The molecule has 2 nitrogen and oxygen atoms in total. The monoisotopic (exact) mass is 258 g/mol. The molecule has 1 unspecified atom stereocenters. The highest BCUT2D eigenvalue weighted by atomic mass is 19.1. The van der Waals surface area contributed by atoms with Crippen LogP contribution in [-0.4, -0.2) is 11.5 Å². The Morgan fingerprint density at radius 2 is 2.00 bits per heavy atom. The lowest BCUT2D eigenvalue weighted by atomic mass is 9.96. The lowest BCUT2D eigenvalue weighted by Gasteiger charge is -2.21. The summed E-state index contributed by atoms with van der Waals surface area (Å²) in [6.45, 7) is 4.95. The Morgan fingerprint density at radius 1 is 1.21 bits per heavy atom. The molecule has 0 bridgehead atoms. The second kappa shape index (κ2) is 6.43. The highest BCUT2D eigenvalue weighted by molar-refractivity contribution is 5.35. The van der Waals surface area contributed by atoms with Crippen molar-refractivity contribution in [1.29, 1.82) is 0 Å². The number of pyridine rings is 1.